The topological polar surface area (TPSA) is 71.8 Å². The van der Waals surface area contributed by atoms with Crippen molar-refractivity contribution in [2.45, 2.75) is 31.1 Å². The maximum atomic E-state index is 12.7. The molecule has 2 aromatic carbocycles. The summed E-state index contributed by atoms with van der Waals surface area (Å²) in [6.45, 7) is 6.25. The molecule has 6 nitrogen and oxygen atoms in total. The lowest BCUT2D eigenvalue weighted by molar-refractivity contribution is 0.262. The van der Waals surface area contributed by atoms with Gasteiger partial charge in [-0.3, -0.25) is 10.6 Å². The molecule has 0 fully saturated rings. The van der Waals surface area contributed by atoms with Gasteiger partial charge in [-0.2, -0.15) is 5.10 Å². The largest absolute Gasteiger partial charge is 0.326 e. The van der Waals surface area contributed by atoms with Crippen LogP contribution in [0.5, 0.6) is 0 Å². The van der Waals surface area contributed by atoms with Crippen molar-refractivity contribution in [2.24, 2.45) is 0 Å². The minimum Gasteiger partial charge on any atom is -0.292 e. The van der Waals surface area contributed by atoms with Crippen molar-refractivity contribution >= 4 is 41.2 Å². The van der Waals surface area contributed by atoms with Gasteiger partial charge in [-0.05, 0) is 42.5 Å². The zero-order chi connectivity index (χ0) is 21.3. The van der Waals surface area contributed by atoms with Gasteiger partial charge in [0, 0.05) is 21.8 Å². The highest BCUT2D eigenvalue weighted by Crippen LogP contribution is 2.27. The molecule has 2 aromatic heterocycles. The molecule has 0 aliphatic heterocycles. The normalized spacial score (nSPS) is 11.5. The standard InChI is InChI=1S/C23H23N5OS/c1-23(2,3)19-14-21(28(27-19)16-9-11-17(30)12-10-16)26-22(29)25-20-13-8-15-6-4-5-7-18(15)24-20/h4-14,30H,1-3H3,(H2,24,25,26,29). The maximum absolute atomic E-state index is 12.7. The molecule has 0 radical (unpaired) electrons. The zero-order valence-electron chi connectivity index (χ0n) is 17.0. The average molecular weight is 418 g/mol. The summed E-state index contributed by atoms with van der Waals surface area (Å²) in [5.74, 6) is 1.05. The molecule has 0 aliphatic rings. The maximum Gasteiger partial charge on any atom is 0.326 e. The Kier molecular flexibility index (Phi) is 5.22. The first-order chi connectivity index (χ1) is 14.3. The summed E-state index contributed by atoms with van der Waals surface area (Å²) in [6.07, 6.45) is 0. The van der Waals surface area contributed by atoms with Crippen molar-refractivity contribution in [1.29, 1.82) is 0 Å². The van der Waals surface area contributed by atoms with Crippen molar-refractivity contribution in [3.05, 3.63) is 72.4 Å². The minimum absolute atomic E-state index is 0.165. The minimum atomic E-state index is -0.384. The molecule has 30 heavy (non-hydrogen) atoms. The van der Waals surface area contributed by atoms with E-state index in [9.17, 15) is 4.79 Å². The van der Waals surface area contributed by atoms with Crippen LogP contribution < -0.4 is 10.6 Å². The van der Waals surface area contributed by atoms with E-state index < -0.39 is 0 Å². The number of anilines is 2. The third-order valence-corrected chi connectivity index (χ3v) is 4.95. The summed E-state index contributed by atoms with van der Waals surface area (Å²) >= 11 is 4.34. The fraction of sp³-hybridized carbons (Fsp3) is 0.174. The molecular weight excluding hydrogens is 394 g/mol. The lowest BCUT2D eigenvalue weighted by Gasteiger charge is -2.14. The van der Waals surface area contributed by atoms with Gasteiger partial charge in [0.2, 0.25) is 0 Å². The van der Waals surface area contributed by atoms with E-state index >= 15 is 0 Å². The summed E-state index contributed by atoms with van der Waals surface area (Å²) in [4.78, 5) is 18.0. The molecule has 0 atom stereocenters. The zero-order valence-corrected chi connectivity index (χ0v) is 17.9. The van der Waals surface area contributed by atoms with Crippen molar-refractivity contribution in [3.63, 3.8) is 0 Å². The number of amides is 2. The second kappa shape index (κ2) is 7.84. The summed E-state index contributed by atoms with van der Waals surface area (Å²) < 4.78 is 1.72. The summed E-state index contributed by atoms with van der Waals surface area (Å²) in [7, 11) is 0. The first-order valence-corrected chi connectivity index (χ1v) is 10.1. The molecule has 152 valence electrons. The van der Waals surface area contributed by atoms with Crippen LogP contribution in [-0.4, -0.2) is 20.8 Å². The van der Waals surface area contributed by atoms with E-state index in [1.165, 1.54) is 0 Å². The Morgan fingerprint density at radius 3 is 2.43 bits per heavy atom. The van der Waals surface area contributed by atoms with Crippen LogP contribution in [0.3, 0.4) is 0 Å². The van der Waals surface area contributed by atoms with E-state index in [0.717, 1.165) is 27.2 Å². The number of pyridine rings is 1. The van der Waals surface area contributed by atoms with Crippen LogP contribution in [-0.2, 0) is 5.41 Å². The van der Waals surface area contributed by atoms with E-state index in [0.29, 0.717) is 11.6 Å². The lowest BCUT2D eigenvalue weighted by atomic mass is 9.92. The summed E-state index contributed by atoms with van der Waals surface area (Å²) in [5.41, 5.74) is 2.36. The highest BCUT2D eigenvalue weighted by molar-refractivity contribution is 7.80. The summed E-state index contributed by atoms with van der Waals surface area (Å²) in [5, 5.41) is 11.4. The van der Waals surface area contributed by atoms with E-state index in [-0.39, 0.29) is 11.4 Å². The fourth-order valence-electron chi connectivity index (χ4n) is 3.03. The second-order valence-electron chi connectivity index (χ2n) is 8.06. The van der Waals surface area contributed by atoms with Gasteiger partial charge in [0.25, 0.3) is 0 Å². The predicted molar refractivity (Wildman–Crippen MR) is 124 cm³/mol. The number of carbonyl (C=O) groups is 1. The Balaban J connectivity index is 1.61. The molecule has 4 aromatic rings. The van der Waals surface area contributed by atoms with Gasteiger partial charge in [-0.25, -0.2) is 14.5 Å². The molecule has 0 saturated heterocycles. The Morgan fingerprint density at radius 2 is 1.70 bits per heavy atom. The number of benzene rings is 2. The third kappa shape index (κ3) is 4.31. The smallest absolute Gasteiger partial charge is 0.292 e. The number of para-hydroxylation sites is 1. The van der Waals surface area contributed by atoms with Crippen LogP contribution in [0.2, 0.25) is 0 Å². The number of nitrogens with zero attached hydrogens (tertiary/aromatic N) is 3. The highest BCUT2D eigenvalue weighted by Gasteiger charge is 2.21. The van der Waals surface area contributed by atoms with Crippen LogP contribution >= 0.6 is 12.6 Å². The Hall–Kier alpha value is -3.32. The summed E-state index contributed by atoms with van der Waals surface area (Å²) in [6, 6.07) is 20.6. The number of fused-ring (bicyclic) bond motifs is 1. The molecule has 2 amide bonds. The molecule has 7 heteroatoms. The second-order valence-corrected chi connectivity index (χ2v) is 8.58. The van der Waals surface area contributed by atoms with Gasteiger partial charge >= 0.3 is 6.03 Å². The molecule has 0 bridgehead atoms. The van der Waals surface area contributed by atoms with Crippen LogP contribution in [0.1, 0.15) is 26.5 Å². The molecule has 0 saturated carbocycles. The van der Waals surface area contributed by atoms with Crippen LogP contribution in [0.25, 0.3) is 16.6 Å². The van der Waals surface area contributed by atoms with Crippen LogP contribution in [0, 0.1) is 0 Å². The van der Waals surface area contributed by atoms with Gasteiger partial charge < -0.3 is 0 Å². The Morgan fingerprint density at radius 1 is 0.967 bits per heavy atom. The number of thiol groups is 1. The third-order valence-electron chi connectivity index (χ3n) is 4.65. The molecule has 2 heterocycles. The monoisotopic (exact) mass is 417 g/mol. The molecule has 0 unspecified atom stereocenters. The van der Waals surface area contributed by atoms with Gasteiger partial charge in [0.05, 0.1) is 16.9 Å². The van der Waals surface area contributed by atoms with Crippen molar-refractivity contribution in [2.75, 3.05) is 10.6 Å². The number of hydrogen-bond donors (Lipinski definition) is 3. The van der Waals surface area contributed by atoms with Gasteiger partial charge in [-0.1, -0.05) is 39.0 Å². The average Bonchev–Trinajstić information content (AvgIpc) is 3.12. The van der Waals surface area contributed by atoms with Crippen molar-refractivity contribution in [3.8, 4) is 5.69 Å². The number of nitrogens with one attached hydrogen (secondary N) is 2. The number of urea groups is 1. The van der Waals surface area contributed by atoms with Crippen LogP contribution in [0.4, 0.5) is 16.4 Å². The number of aromatic nitrogens is 3. The van der Waals surface area contributed by atoms with Crippen LogP contribution in [0.15, 0.2) is 71.6 Å². The van der Waals surface area contributed by atoms with Crippen molar-refractivity contribution in [1.82, 2.24) is 14.8 Å². The van der Waals surface area contributed by atoms with Gasteiger partial charge in [-0.15, -0.1) is 12.6 Å². The fourth-order valence-corrected chi connectivity index (χ4v) is 3.18. The first-order valence-electron chi connectivity index (χ1n) is 9.63. The molecule has 2 N–H and O–H groups in total. The van der Waals surface area contributed by atoms with E-state index in [1.807, 2.05) is 60.7 Å². The number of carbonyl (C=O) groups excluding carboxylic acids is 1. The van der Waals surface area contributed by atoms with Gasteiger partial charge in [0.15, 0.2) is 0 Å². The number of rotatable bonds is 3. The molecule has 0 spiro atoms. The molecule has 0 aliphatic carbocycles. The molecular formula is C23H23N5OS. The lowest BCUT2D eigenvalue weighted by Crippen LogP contribution is -2.21. The quantitative estimate of drug-likeness (QED) is 0.377. The predicted octanol–water partition coefficient (Wildman–Crippen LogP) is 5.65. The Bertz CT molecular complexity index is 1210. The SMILES string of the molecule is CC(C)(C)c1cc(NC(=O)Nc2ccc3ccccc3n2)n(-c2ccc(S)cc2)n1. The van der Waals surface area contributed by atoms with E-state index in [4.69, 9.17) is 5.10 Å². The Labute approximate surface area is 180 Å². The highest BCUT2D eigenvalue weighted by atomic mass is 32.1. The molecule has 4 rings (SSSR count). The van der Waals surface area contributed by atoms with E-state index in [1.54, 1.807) is 10.7 Å². The van der Waals surface area contributed by atoms with Gasteiger partial charge in [0.1, 0.15) is 11.6 Å². The first kappa shape index (κ1) is 20.0. The van der Waals surface area contributed by atoms with E-state index in [2.05, 4.69) is 49.0 Å². The van der Waals surface area contributed by atoms with Crippen molar-refractivity contribution < 1.29 is 4.79 Å². The number of hydrogen-bond acceptors (Lipinski definition) is 4.